The zero-order valence-electron chi connectivity index (χ0n) is 14.9. The van der Waals surface area contributed by atoms with Crippen molar-refractivity contribution < 1.29 is 28.6 Å². The van der Waals surface area contributed by atoms with Crippen molar-refractivity contribution in [2.45, 2.75) is 19.8 Å². The average molecular weight is 365 g/mol. The van der Waals surface area contributed by atoms with Gasteiger partial charge in [-0.1, -0.05) is 30.3 Å². The topological polar surface area (TPSA) is 96.6 Å². The standard InChI is InChI=1S/C21H18O6/c1-12-20(21(25)13-6-4-3-5-7-13)15-11-17(26-2)14(10-18(15)27-12)16(22)8-9-19(23)24/h3-7,10-11H,8-9H2,1-2H3,(H,23,24)/p-1. The Morgan fingerprint density at radius 1 is 1.07 bits per heavy atom. The van der Waals surface area contributed by atoms with Crippen molar-refractivity contribution in [2.24, 2.45) is 0 Å². The predicted molar refractivity (Wildman–Crippen MR) is 95.9 cm³/mol. The van der Waals surface area contributed by atoms with Gasteiger partial charge in [-0.05, 0) is 25.5 Å². The molecule has 0 spiro atoms. The van der Waals surface area contributed by atoms with Crippen LogP contribution in [0.15, 0.2) is 46.9 Å². The molecular weight excluding hydrogens is 348 g/mol. The number of aryl methyl sites for hydroxylation is 1. The lowest BCUT2D eigenvalue weighted by Gasteiger charge is -2.09. The Labute approximate surface area is 155 Å². The summed E-state index contributed by atoms with van der Waals surface area (Å²) < 4.78 is 11.0. The van der Waals surface area contributed by atoms with Crippen molar-refractivity contribution in [1.82, 2.24) is 0 Å². The fraction of sp³-hybridized carbons (Fsp3) is 0.190. The van der Waals surface area contributed by atoms with E-state index in [4.69, 9.17) is 9.15 Å². The molecule has 1 heterocycles. The normalized spacial score (nSPS) is 10.7. The van der Waals surface area contributed by atoms with Crippen molar-refractivity contribution in [3.05, 3.63) is 64.9 Å². The molecule has 0 radical (unpaired) electrons. The van der Waals surface area contributed by atoms with Crippen molar-refractivity contribution in [1.29, 1.82) is 0 Å². The maximum absolute atomic E-state index is 12.9. The fourth-order valence-electron chi connectivity index (χ4n) is 3.00. The van der Waals surface area contributed by atoms with Gasteiger partial charge in [-0.2, -0.15) is 0 Å². The Morgan fingerprint density at radius 3 is 2.41 bits per heavy atom. The molecule has 0 atom stereocenters. The molecule has 138 valence electrons. The van der Waals surface area contributed by atoms with Crippen LogP contribution in [0.4, 0.5) is 0 Å². The number of rotatable bonds is 7. The van der Waals surface area contributed by atoms with Gasteiger partial charge in [-0.3, -0.25) is 9.59 Å². The zero-order chi connectivity index (χ0) is 19.6. The smallest absolute Gasteiger partial charge is 0.197 e. The van der Waals surface area contributed by atoms with E-state index in [0.29, 0.717) is 27.9 Å². The van der Waals surface area contributed by atoms with E-state index in [0.717, 1.165) is 0 Å². The monoisotopic (exact) mass is 365 g/mol. The van der Waals surface area contributed by atoms with Crippen molar-refractivity contribution in [3.8, 4) is 5.75 Å². The first-order valence-electron chi connectivity index (χ1n) is 8.36. The fourth-order valence-corrected chi connectivity index (χ4v) is 3.00. The van der Waals surface area contributed by atoms with Gasteiger partial charge in [0, 0.05) is 23.3 Å². The first-order chi connectivity index (χ1) is 12.9. The van der Waals surface area contributed by atoms with Gasteiger partial charge in [-0.25, -0.2) is 0 Å². The summed E-state index contributed by atoms with van der Waals surface area (Å²) in [5.74, 6) is -1.20. The minimum atomic E-state index is -1.30. The molecule has 0 saturated carbocycles. The molecule has 0 fully saturated rings. The van der Waals surface area contributed by atoms with Crippen LogP contribution in [0.5, 0.6) is 5.75 Å². The number of hydrogen-bond donors (Lipinski definition) is 0. The first kappa shape index (κ1) is 18.4. The molecule has 6 nitrogen and oxygen atoms in total. The molecule has 0 aliphatic rings. The number of benzene rings is 2. The second-order valence-electron chi connectivity index (χ2n) is 6.07. The van der Waals surface area contributed by atoms with Crippen LogP contribution in [0.2, 0.25) is 0 Å². The van der Waals surface area contributed by atoms with E-state index in [1.54, 1.807) is 37.3 Å². The molecule has 2 aromatic carbocycles. The number of hydrogen-bond acceptors (Lipinski definition) is 6. The third-order valence-corrected chi connectivity index (χ3v) is 4.31. The van der Waals surface area contributed by atoms with Gasteiger partial charge in [0.15, 0.2) is 11.6 Å². The van der Waals surface area contributed by atoms with Crippen LogP contribution in [0.1, 0.15) is 44.9 Å². The maximum atomic E-state index is 12.9. The number of aliphatic carboxylic acids is 1. The highest BCUT2D eigenvalue weighted by molar-refractivity contribution is 6.17. The molecule has 1 aromatic heterocycles. The summed E-state index contributed by atoms with van der Waals surface area (Å²) in [6, 6.07) is 11.9. The second-order valence-corrected chi connectivity index (χ2v) is 6.07. The number of carbonyl (C=O) groups is 3. The highest BCUT2D eigenvalue weighted by Gasteiger charge is 2.23. The van der Waals surface area contributed by atoms with E-state index in [-0.39, 0.29) is 29.9 Å². The van der Waals surface area contributed by atoms with Crippen LogP contribution in [0.25, 0.3) is 11.0 Å². The van der Waals surface area contributed by atoms with Crippen LogP contribution in [0, 0.1) is 6.92 Å². The van der Waals surface area contributed by atoms with Gasteiger partial charge in [0.05, 0.1) is 18.2 Å². The van der Waals surface area contributed by atoms with Crippen LogP contribution >= 0.6 is 0 Å². The number of carboxylic acid groups (broad SMARTS) is 1. The van der Waals surface area contributed by atoms with Crippen molar-refractivity contribution >= 4 is 28.5 Å². The maximum Gasteiger partial charge on any atom is 0.197 e. The lowest BCUT2D eigenvalue weighted by molar-refractivity contribution is -0.305. The highest BCUT2D eigenvalue weighted by atomic mass is 16.5. The van der Waals surface area contributed by atoms with Gasteiger partial charge in [0.1, 0.15) is 17.1 Å². The number of Topliss-reactive ketones (excluding diaryl/α,β-unsaturated/α-hetero) is 1. The van der Waals surface area contributed by atoms with Gasteiger partial charge < -0.3 is 19.1 Å². The third-order valence-electron chi connectivity index (χ3n) is 4.31. The summed E-state index contributed by atoms with van der Waals surface area (Å²) in [6.45, 7) is 1.68. The number of carbonyl (C=O) groups excluding carboxylic acids is 3. The number of ether oxygens (including phenoxy) is 1. The summed E-state index contributed by atoms with van der Waals surface area (Å²) >= 11 is 0. The molecule has 3 rings (SSSR count). The van der Waals surface area contributed by atoms with E-state index in [2.05, 4.69) is 0 Å². The van der Waals surface area contributed by atoms with Crippen LogP contribution in [0.3, 0.4) is 0 Å². The van der Waals surface area contributed by atoms with E-state index in [1.165, 1.54) is 13.2 Å². The highest BCUT2D eigenvalue weighted by Crippen LogP contribution is 2.34. The summed E-state index contributed by atoms with van der Waals surface area (Å²) in [4.78, 5) is 35.8. The first-order valence-corrected chi connectivity index (χ1v) is 8.36. The number of fused-ring (bicyclic) bond motifs is 1. The number of furan rings is 1. The lowest BCUT2D eigenvalue weighted by Crippen LogP contribution is -2.22. The molecule has 0 N–H and O–H groups in total. The number of ketones is 2. The summed E-state index contributed by atoms with van der Waals surface area (Å²) in [7, 11) is 1.41. The minimum absolute atomic E-state index is 0.190. The SMILES string of the molecule is COc1cc2c(C(=O)c3ccccc3)c(C)oc2cc1C(=O)CCC(=O)[O-]. The predicted octanol–water partition coefficient (Wildman–Crippen LogP) is 2.69. The largest absolute Gasteiger partial charge is 0.550 e. The average Bonchev–Trinajstić information content (AvgIpc) is 2.99. The number of methoxy groups -OCH3 is 1. The Hall–Kier alpha value is -3.41. The summed E-state index contributed by atoms with van der Waals surface area (Å²) in [5.41, 5.74) is 1.50. The summed E-state index contributed by atoms with van der Waals surface area (Å²) in [6.07, 6.45) is -0.589. The second kappa shape index (κ2) is 7.45. The molecule has 3 aromatic rings. The number of carboxylic acids is 1. The molecule has 0 aliphatic heterocycles. The Morgan fingerprint density at radius 2 is 1.78 bits per heavy atom. The molecule has 0 saturated heterocycles. The zero-order valence-corrected chi connectivity index (χ0v) is 14.9. The molecule has 0 bridgehead atoms. The van der Waals surface area contributed by atoms with E-state index >= 15 is 0 Å². The van der Waals surface area contributed by atoms with Gasteiger partial charge in [0.2, 0.25) is 0 Å². The van der Waals surface area contributed by atoms with Crippen LogP contribution < -0.4 is 9.84 Å². The quantitative estimate of drug-likeness (QED) is 0.597. The van der Waals surface area contributed by atoms with Gasteiger partial charge >= 0.3 is 0 Å². The molecule has 0 amide bonds. The van der Waals surface area contributed by atoms with Crippen LogP contribution in [-0.4, -0.2) is 24.6 Å². The Balaban J connectivity index is 2.09. The minimum Gasteiger partial charge on any atom is -0.550 e. The van der Waals surface area contributed by atoms with Crippen molar-refractivity contribution in [2.75, 3.05) is 7.11 Å². The van der Waals surface area contributed by atoms with E-state index in [1.807, 2.05) is 6.07 Å². The van der Waals surface area contributed by atoms with Gasteiger partial charge in [0.25, 0.3) is 0 Å². The van der Waals surface area contributed by atoms with Crippen molar-refractivity contribution in [3.63, 3.8) is 0 Å². The third kappa shape index (κ3) is 3.60. The lowest BCUT2D eigenvalue weighted by atomic mass is 9.98. The Kier molecular flexibility index (Phi) is 5.07. The van der Waals surface area contributed by atoms with E-state index in [9.17, 15) is 19.5 Å². The van der Waals surface area contributed by atoms with Gasteiger partial charge in [-0.15, -0.1) is 0 Å². The summed E-state index contributed by atoms with van der Waals surface area (Å²) in [5, 5.41) is 11.1. The Bertz CT molecular complexity index is 1030. The molecule has 0 aliphatic carbocycles. The van der Waals surface area contributed by atoms with E-state index < -0.39 is 11.8 Å². The molecule has 6 heteroatoms. The molecule has 27 heavy (non-hydrogen) atoms. The molecule has 0 unspecified atom stereocenters. The molecular formula is C21H17O6-. The van der Waals surface area contributed by atoms with Crippen LogP contribution in [-0.2, 0) is 4.79 Å².